The molecule has 25 heavy (non-hydrogen) atoms. The summed E-state index contributed by atoms with van der Waals surface area (Å²) in [5.74, 6) is 0. The van der Waals surface area contributed by atoms with Crippen molar-refractivity contribution < 1.29 is 5.11 Å². The molecule has 126 valence electrons. The molecule has 0 unspecified atom stereocenters. The van der Waals surface area contributed by atoms with Crippen molar-refractivity contribution in [3.8, 4) is 0 Å². The van der Waals surface area contributed by atoms with Crippen LogP contribution in [0.2, 0.25) is 0 Å². The highest BCUT2D eigenvalue weighted by Gasteiger charge is 2.38. The molecule has 0 amide bonds. The van der Waals surface area contributed by atoms with Crippen LogP contribution in [0.25, 0.3) is 0 Å². The summed E-state index contributed by atoms with van der Waals surface area (Å²) in [6.45, 7) is 1.11. The van der Waals surface area contributed by atoms with E-state index in [1.807, 2.05) is 66.7 Å². The Morgan fingerprint density at radius 1 is 0.800 bits per heavy atom. The third-order valence-electron chi connectivity index (χ3n) is 5.38. The second-order valence-corrected chi connectivity index (χ2v) is 6.81. The largest absolute Gasteiger partial charge is 0.376 e. The van der Waals surface area contributed by atoms with Gasteiger partial charge >= 0.3 is 0 Å². The highest BCUT2D eigenvalue weighted by Crippen LogP contribution is 2.43. The molecule has 1 fully saturated rings. The van der Waals surface area contributed by atoms with Crippen LogP contribution in [0.3, 0.4) is 0 Å². The quantitative estimate of drug-likeness (QED) is 0.720. The van der Waals surface area contributed by atoms with E-state index in [9.17, 15) is 5.11 Å². The summed E-state index contributed by atoms with van der Waals surface area (Å²) in [6, 6.07) is 28.6. The van der Waals surface area contributed by atoms with Gasteiger partial charge in [-0.15, -0.1) is 0 Å². The summed E-state index contributed by atoms with van der Waals surface area (Å²) in [4.78, 5) is 2.34. The lowest BCUT2D eigenvalue weighted by molar-refractivity contribution is 0.104. The molecule has 1 heterocycles. The molecule has 1 aliphatic heterocycles. The van der Waals surface area contributed by atoms with Crippen LogP contribution in [0.4, 0.5) is 0 Å². The molecule has 4 rings (SSSR count). The Morgan fingerprint density at radius 3 is 1.80 bits per heavy atom. The van der Waals surface area contributed by atoms with Gasteiger partial charge in [0.1, 0.15) is 5.60 Å². The molecule has 0 saturated carbocycles. The van der Waals surface area contributed by atoms with Gasteiger partial charge < -0.3 is 5.11 Å². The number of hydrogen-bond acceptors (Lipinski definition) is 2. The molecular weight excluding hydrogens is 306 g/mol. The highest BCUT2D eigenvalue weighted by atomic mass is 16.3. The van der Waals surface area contributed by atoms with Gasteiger partial charge in [0.05, 0.1) is 0 Å². The number of likely N-dealkylation sites (tertiary alicyclic amines) is 1. The van der Waals surface area contributed by atoms with E-state index >= 15 is 0 Å². The van der Waals surface area contributed by atoms with Crippen molar-refractivity contribution >= 4 is 0 Å². The Morgan fingerprint density at radius 2 is 1.32 bits per heavy atom. The van der Waals surface area contributed by atoms with Crippen LogP contribution >= 0.6 is 0 Å². The number of nitrogens with zero attached hydrogens (tertiary/aromatic N) is 1. The SMILES string of the molecule is CN1CC[C@@H]1c1ccccc1C(O)(c1ccccc1)c1ccccc1. The van der Waals surface area contributed by atoms with Crippen LogP contribution < -0.4 is 0 Å². The van der Waals surface area contributed by atoms with E-state index < -0.39 is 5.60 Å². The molecule has 3 aromatic rings. The van der Waals surface area contributed by atoms with E-state index in [1.54, 1.807) is 0 Å². The molecule has 0 aliphatic carbocycles. The summed E-state index contributed by atoms with van der Waals surface area (Å²) in [5, 5.41) is 12.0. The average Bonchev–Trinajstić information content (AvgIpc) is 2.68. The van der Waals surface area contributed by atoms with Gasteiger partial charge in [0.25, 0.3) is 0 Å². The normalized spacial score (nSPS) is 17.9. The van der Waals surface area contributed by atoms with Crippen LogP contribution in [-0.4, -0.2) is 23.6 Å². The highest BCUT2D eigenvalue weighted by molar-refractivity contribution is 5.50. The maximum Gasteiger partial charge on any atom is 0.140 e. The summed E-state index contributed by atoms with van der Waals surface area (Å²) < 4.78 is 0. The molecule has 0 bridgehead atoms. The molecule has 0 spiro atoms. The van der Waals surface area contributed by atoms with Crippen LogP contribution in [0.5, 0.6) is 0 Å². The van der Waals surface area contributed by atoms with E-state index in [1.165, 1.54) is 5.56 Å². The Hall–Kier alpha value is -2.42. The lowest BCUT2D eigenvalue weighted by Crippen LogP contribution is -2.40. The number of rotatable bonds is 4. The molecule has 1 aliphatic rings. The molecule has 2 nitrogen and oxygen atoms in total. The maximum atomic E-state index is 12.0. The fourth-order valence-electron chi connectivity index (χ4n) is 3.86. The molecule has 1 atom stereocenters. The minimum atomic E-state index is -1.16. The van der Waals surface area contributed by atoms with Gasteiger partial charge in [-0.1, -0.05) is 84.9 Å². The van der Waals surface area contributed by atoms with Gasteiger partial charge in [-0.3, -0.25) is 4.90 Å². The topological polar surface area (TPSA) is 23.5 Å². The first-order chi connectivity index (χ1) is 12.2. The predicted octanol–water partition coefficient (Wildman–Crippen LogP) is 4.35. The van der Waals surface area contributed by atoms with Gasteiger partial charge in [-0.05, 0) is 35.7 Å². The molecule has 2 heteroatoms. The lowest BCUT2D eigenvalue weighted by Gasteiger charge is -2.42. The van der Waals surface area contributed by atoms with Crippen LogP contribution in [0.1, 0.15) is 34.7 Å². The Bertz CT molecular complexity index is 805. The molecule has 0 radical (unpaired) electrons. The molecule has 1 N–H and O–H groups in total. The van der Waals surface area contributed by atoms with Crippen molar-refractivity contribution in [2.24, 2.45) is 0 Å². The van der Waals surface area contributed by atoms with Gasteiger partial charge in [0, 0.05) is 12.6 Å². The van der Waals surface area contributed by atoms with E-state index in [4.69, 9.17) is 0 Å². The van der Waals surface area contributed by atoms with Crippen molar-refractivity contribution in [2.45, 2.75) is 18.1 Å². The summed E-state index contributed by atoms with van der Waals surface area (Å²) >= 11 is 0. The lowest BCUT2D eigenvalue weighted by atomic mass is 9.76. The van der Waals surface area contributed by atoms with Crippen molar-refractivity contribution in [2.75, 3.05) is 13.6 Å². The molecule has 0 aromatic heterocycles. The fourth-order valence-corrected chi connectivity index (χ4v) is 3.86. The number of hydrogen-bond donors (Lipinski definition) is 1. The van der Waals surface area contributed by atoms with Crippen molar-refractivity contribution in [3.63, 3.8) is 0 Å². The van der Waals surface area contributed by atoms with Gasteiger partial charge in [-0.2, -0.15) is 0 Å². The monoisotopic (exact) mass is 329 g/mol. The summed E-state index contributed by atoms with van der Waals surface area (Å²) in [6.07, 6.45) is 1.13. The smallest absolute Gasteiger partial charge is 0.140 e. The first-order valence-corrected chi connectivity index (χ1v) is 8.84. The molecule has 1 saturated heterocycles. The van der Waals surface area contributed by atoms with E-state index in [2.05, 4.69) is 30.1 Å². The van der Waals surface area contributed by atoms with E-state index in [0.717, 1.165) is 29.7 Å². The second kappa shape index (κ2) is 6.47. The number of aliphatic hydroxyl groups is 1. The zero-order valence-corrected chi connectivity index (χ0v) is 14.5. The van der Waals surface area contributed by atoms with E-state index in [-0.39, 0.29) is 0 Å². The Kier molecular flexibility index (Phi) is 4.16. The van der Waals surface area contributed by atoms with Crippen LogP contribution in [0, 0.1) is 0 Å². The van der Waals surface area contributed by atoms with Crippen LogP contribution in [-0.2, 0) is 5.60 Å². The Labute approximate surface area is 149 Å². The predicted molar refractivity (Wildman–Crippen MR) is 101 cm³/mol. The third-order valence-corrected chi connectivity index (χ3v) is 5.38. The van der Waals surface area contributed by atoms with Crippen molar-refractivity contribution in [1.29, 1.82) is 0 Å². The first kappa shape index (κ1) is 16.1. The maximum absolute atomic E-state index is 12.0. The number of benzene rings is 3. The van der Waals surface area contributed by atoms with Gasteiger partial charge in [-0.25, -0.2) is 0 Å². The first-order valence-electron chi connectivity index (χ1n) is 8.84. The minimum absolute atomic E-state index is 0.371. The van der Waals surface area contributed by atoms with Gasteiger partial charge in [0.15, 0.2) is 0 Å². The van der Waals surface area contributed by atoms with Gasteiger partial charge in [0.2, 0.25) is 0 Å². The average molecular weight is 329 g/mol. The summed E-state index contributed by atoms with van der Waals surface area (Å²) in [7, 11) is 2.15. The molecule has 3 aromatic carbocycles. The summed E-state index contributed by atoms with van der Waals surface area (Å²) in [5.41, 5.74) is 2.83. The van der Waals surface area contributed by atoms with Crippen molar-refractivity contribution in [1.82, 2.24) is 4.90 Å². The third kappa shape index (κ3) is 2.68. The fraction of sp³-hybridized carbons (Fsp3) is 0.217. The molecular formula is C23H23NO. The zero-order valence-electron chi connectivity index (χ0n) is 14.5. The Balaban J connectivity index is 1.94. The van der Waals surface area contributed by atoms with Crippen LogP contribution in [0.15, 0.2) is 84.9 Å². The van der Waals surface area contributed by atoms with E-state index in [0.29, 0.717) is 6.04 Å². The minimum Gasteiger partial charge on any atom is -0.376 e. The standard InChI is InChI=1S/C23H23NO/c1-24-17-16-22(24)20-14-8-9-15-21(20)23(25,18-10-4-2-5-11-18)19-12-6-3-7-13-19/h2-15,22,25H,16-17H2,1H3/t22-/m1/s1. The van der Waals surface area contributed by atoms with Crippen molar-refractivity contribution in [3.05, 3.63) is 107 Å². The zero-order chi connectivity index (χ0) is 17.3. The second-order valence-electron chi connectivity index (χ2n) is 6.81.